The smallest absolute Gasteiger partial charge is 0.139 e. The molecule has 1 atom stereocenters. The van der Waals surface area contributed by atoms with E-state index in [1.54, 1.807) is 6.07 Å². The highest BCUT2D eigenvalue weighted by molar-refractivity contribution is 9.10. The molecular weight excluding hydrogens is 329 g/mol. The van der Waals surface area contributed by atoms with Crippen molar-refractivity contribution in [3.63, 3.8) is 0 Å². The molecule has 4 heteroatoms. The Morgan fingerprint density at radius 2 is 1.84 bits per heavy atom. The van der Waals surface area contributed by atoms with E-state index in [9.17, 15) is 4.39 Å². The molecule has 0 amide bonds. The summed E-state index contributed by atoms with van der Waals surface area (Å²) in [4.78, 5) is 0. The Balaban J connectivity index is 2.21. The molecular formula is C15H14BrClFN. The van der Waals surface area contributed by atoms with Crippen LogP contribution in [0.3, 0.4) is 0 Å². The summed E-state index contributed by atoms with van der Waals surface area (Å²) in [7, 11) is 0. The van der Waals surface area contributed by atoms with Crippen LogP contribution in [0.5, 0.6) is 0 Å². The van der Waals surface area contributed by atoms with Crippen molar-refractivity contribution < 1.29 is 4.39 Å². The van der Waals surface area contributed by atoms with Crippen LogP contribution in [0, 0.1) is 12.7 Å². The van der Waals surface area contributed by atoms with E-state index < -0.39 is 0 Å². The minimum atomic E-state index is -0.267. The van der Waals surface area contributed by atoms with Gasteiger partial charge in [-0.2, -0.15) is 0 Å². The number of aryl methyl sites for hydroxylation is 1. The lowest BCUT2D eigenvalue weighted by molar-refractivity contribution is 0.620. The average Bonchev–Trinajstić information content (AvgIpc) is 2.36. The van der Waals surface area contributed by atoms with Gasteiger partial charge in [-0.3, -0.25) is 0 Å². The van der Waals surface area contributed by atoms with Crippen LogP contribution in [0.25, 0.3) is 0 Å². The fraction of sp³-hybridized carbons (Fsp3) is 0.200. The van der Waals surface area contributed by atoms with Gasteiger partial charge in [0.15, 0.2) is 0 Å². The molecule has 0 aliphatic heterocycles. The van der Waals surface area contributed by atoms with Crippen molar-refractivity contribution in [2.75, 3.05) is 5.32 Å². The lowest BCUT2D eigenvalue weighted by atomic mass is 10.1. The molecule has 2 aromatic carbocycles. The highest BCUT2D eigenvalue weighted by Crippen LogP contribution is 2.27. The Morgan fingerprint density at radius 1 is 1.21 bits per heavy atom. The Hall–Kier alpha value is -1.06. The number of halogens is 3. The van der Waals surface area contributed by atoms with E-state index >= 15 is 0 Å². The van der Waals surface area contributed by atoms with E-state index in [2.05, 4.69) is 21.2 Å². The maximum atomic E-state index is 13.6. The van der Waals surface area contributed by atoms with Crippen LogP contribution in [0.1, 0.15) is 24.1 Å². The van der Waals surface area contributed by atoms with Crippen LogP contribution in [-0.2, 0) is 0 Å². The van der Waals surface area contributed by atoms with Gasteiger partial charge in [0.1, 0.15) is 5.82 Å². The fourth-order valence-electron chi connectivity index (χ4n) is 1.87. The molecule has 0 heterocycles. The molecule has 0 radical (unpaired) electrons. The van der Waals surface area contributed by atoms with E-state index in [-0.39, 0.29) is 11.9 Å². The third-order valence-corrected chi connectivity index (χ3v) is 3.87. The monoisotopic (exact) mass is 341 g/mol. The van der Waals surface area contributed by atoms with Crippen molar-refractivity contribution in [3.05, 3.63) is 62.8 Å². The molecule has 1 nitrogen and oxygen atoms in total. The summed E-state index contributed by atoms with van der Waals surface area (Å²) >= 11 is 9.05. The first kappa shape index (κ1) is 14.4. The van der Waals surface area contributed by atoms with Gasteiger partial charge in [-0.1, -0.05) is 23.7 Å². The van der Waals surface area contributed by atoms with Gasteiger partial charge < -0.3 is 5.32 Å². The largest absolute Gasteiger partial charge is 0.378 e. The molecule has 0 saturated heterocycles. The molecule has 19 heavy (non-hydrogen) atoms. The average molecular weight is 343 g/mol. The van der Waals surface area contributed by atoms with Crippen LogP contribution in [-0.4, -0.2) is 0 Å². The van der Waals surface area contributed by atoms with Gasteiger partial charge in [-0.15, -0.1) is 0 Å². The summed E-state index contributed by atoms with van der Waals surface area (Å²) in [5.74, 6) is -0.267. The molecule has 0 aliphatic rings. The number of nitrogens with one attached hydrogen (secondary N) is 1. The molecule has 0 saturated carbocycles. The molecule has 100 valence electrons. The minimum absolute atomic E-state index is 0.0801. The topological polar surface area (TPSA) is 12.0 Å². The summed E-state index contributed by atoms with van der Waals surface area (Å²) < 4.78 is 14.0. The number of hydrogen-bond donors (Lipinski definition) is 1. The van der Waals surface area contributed by atoms with Crippen LogP contribution >= 0.6 is 27.5 Å². The summed E-state index contributed by atoms with van der Waals surface area (Å²) in [6, 6.07) is 11.0. The molecule has 0 aliphatic carbocycles. The first-order valence-electron chi connectivity index (χ1n) is 5.95. The summed E-state index contributed by atoms with van der Waals surface area (Å²) in [5.41, 5.74) is 2.89. The molecule has 0 spiro atoms. The van der Waals surface area contributed by atoms with Gasteiger partial charge in [0.05, 0.1) is 4.47 Å². The van der Waals surface area contributed by atoms with Crippen LogP contribution in [0.15, 0.2) is 40.9 Å². The van der Waals surface area contributed by atoms with Crippen molar-refractivity contribution in [2.45, 2.75) is 19.9 Å². The highest BCUT2D eigenvalue weighted by atomic mass is 79.9. The molecule has 2 aromatic rings. The second-order valence-electron chi connectivity index (χ2n) is 4.50. The Morgan fingerprint density at radius 3 is 2.47 bits per heavy atom. The summed E-state index contributed by atoms with van der Waals surface area (Å²) in [6.45, 7) is 3.98. The SMILES string of the molecule is Cc1cc(Br)c(F)cc1NC(C)c1ccc(Cl)cc1. The van der Waals surface area contributed by atoms with Gasteiger partial charge in [0.2, 0.25) is 0 Å². The highest BCUT2D eigenvalue weighted by Gasteiger charge is 2.09. The first-order chi connectivity index (χ1) is 8.97. The predicted molar refractivity (Wildman–Crippen MR) is 82.3 cm³/mol. The predicted octanol–water partition coefficient (Wildman–Crippen LogP) is 5.72. The zero-order chi connectivity index (χ0) is 14.0. The second kappa shape index (κ2) is 5.93. The molecule has 0 fully saturated rings. The van der Waals surface area contributed by atoms with E-state index in [4.69, 9.17) is 11.6 Å². The van der Waals surface area contributed by atoms with E-state index in [1.165, 1.54) is 6.07 Å². The minimum Gasteiger partial charge on any atom is -0.378 e. The Bertz CT molecular complexity index is 583. The number of hydrogen-bond acceptors (Lipinski definition) is 1. The molecule has 0 bridgehead atoms. The summed E-state index contributed by atoms with van der Waals surface area (Å²) in [5, 5.41) is 4.02. The van der Waals surface area contributed by atoms with E-state index in [0.29, 0.717) is 9.50 Å². The van der Waals surface area contributed by atoms with Gasteiger partial charge in [0.25, 0.3) is 0 Å². The van der Waals surface area contributed by atoms with Gasteiger partial charge in [-0.05, 0) is 65.2 Å². The van der Waals surface area contributed by atoms with Crippen LogP contribution in [0.2, 0.25) is 5.02 Å². The lowest BCUT2D eigenvalue weighted by Gasteiger charge is -2.18. The Labute approximate surface area is 125 Å². The normalized spacial score (nSPS) is 12.3. The molecule has 0 aromatic heterocycles. The van der Waals surface area contributed by atoms with Gasteiger partial charge in [0, 0.05) is 16.8 Å². The van der Waals surface area contributed by atoms with Gasteiger partial charge >= 0.3 is 0 Å². The van der Waals surface area contributed by atoms with E-state index in [0.717, 1.165) is 16.8 Å². The fourth-order valence-corrected chi connectivity index (χ4v) is 2.45. The second-order valence-corrected chi connectivity index (χ2v) is 5.79. The standard InChI is InChI=1S/C15H14BrClFN/c1-9-7-13(16)14(18)8-15(9)19-10(2)11-3-5-12(17)6-4-11/h3-8,10,19H,1-2H3. The molecule has 1 N–H and O–H groups in total. The quantitative estimate of drug-likeness (QED) is 0.752. The van der Waals surface area contributed by atoms with Crippen molar-refractivity contribution in [2.24, 2.45) is 0 Å². The maximum absolute atomic E-state index is 13.6. The third-order valence-electron chi connectivity index (χ3n) is 3.01. The zero-order valence-corrected chi connectivity index (χ0v) is 13.0. The zero-order valence-electron chi connectivity index (χ0n) is 10.7. The molecule has 1 unspecified atom stereocenters. The van der Waals surface area contributed by atoms with E-state index in [1.807, 2.05) is 38.1 Å². The number of rotatable bonds is 3. The number of benzene rings is 2. The van der Waals surface area contributed by atoms with Gasteiger partial charge in [-0.25, -0.2) is 4.39 Å². The van der Waals surface area contributed by atoms with Crippen molar-refractivity contribution in [1.29, 1.82) is 0 Å². The summed E-state index contributed by atoms with van der Waals surface area (Å²) in [6.07, 6.45) is 0. The van der Waals surface area contributed by atoms with Crippen LogP contribution in [0.4, 0.5) is 10.1 Å². The number of anilines is 1. The third kappa shape index (κ3) is 3.48. The Kier molecular flexibility index (Phi) is 4.48. The van der Waals surface area contributed by atoms with Crippen LogP contribution < -0.4 is 5.32 Å². The maximum Gasteiger partial charge on any atom is 0.139 e. The van der Waals surface area contributed by atoms with Crippen molar-refractivity contribution in [1.82, 2.24) is 0 Å². The van der Waals surface area contributed by atoms with Crippen molar-refractivity contribution in [3.8, 4) is 0 Å². The first-order valence-corrected chi connectivity index (χ1v) is 7.12. The molecule has 2 rings (SSSR count). The van der Waals surface area contributed by atoms with Crippen molar-refractivity contribution >= 4 is 33.2 Å². The lowest BCUT2D eigenvalue weighted by Crippen LogP contribution is -2.08.